The molecule has 7 aromatic carbocycles. The van der Waals surface area contributed by atoms with Crippen LogP contribution in [0.1, 0.15) is 11.0 Å². The van der Waals surface area contributed by atoms with E-state index in [-0.39, 0.29) is 45.7 Å². The molecular formula is C36H24. The Morgan fingerprint density at radius 2 is 0.889 bits per heavy atom. The average molecular weight is 465 g/mol. The van der Waals surface area contributed by atoms with E-state index in [1.54, 1.807) is 24.3 Å². The smallest absolute Gasteiger partial charge is 0.0622 e. The zero-order chi connectivity index (χ0) is 30.9. The molecule has 0 heterocycles. The van der Waals surface area contributed by atoms with Gasteiger partial charge in [0.25, 0.3) is 0 Å². The topological polar surface area (TPSA) is 0 Å². The molecule has 36 heavy (non-hydrogen) atoms. The highest BCUT2D eigenvalue weighted by Gasteiger charge is 2.16. The second-order valence-corrected chi connectivity index (χ2v) is 8.72. The second kappa shape index (κ2) is 8.52. The minimum absolute atomic E-state index is 0.211. The molecule has 0 aromatic heterocycles. The van der Waals surface area contributed by atoms with Crippen LogP contribution in [0.3, 0.4) is 0 Å². The van der Waals surface area contributed by atoms with Gasteiger partial charge in [-0.2, -0.15) is 0 Å². The maximum absolute atomic E-state index is 9.11. The van der Waals surface area contributed by atoms with Crippen molar-refractivity contribution in [2.75, 3.05) is 0 Å². The van der Waals surface area contributed by atoms with Crippen molar-refractivity contribution in [3.8, 4) is 33.4 Å². The molecule has 0 fully saturated rings. The second-order valence-electron chi connectivity index (χ2n) is 8.72. The van der Waals surface area contributed by atoms with E-state index in [9.17, 15) is 0 Å². The molecule has 0 amide bonds. The fraction of sp³-hybridized carbons (Fsp3) is 0. The number of fused-ring (bicyclic) bond motifs is 3. The summed E-state index contributed by atoms with van der Waals surface area (Å²) in [6.07, 6.45) is 0. The lowest BCUT2D eigenvalue weighted by atomic mass is 9.85. The highest BCUT2D eigenvalue weighted by molar-refractivity contribution is 6.21. The standard InChI is InChI=1S/C36H24/c1-2-13-26(14-3-1)35-31-19-6-8-21-33(31)36(34-22-9-7-20-32(34)35)28-17-10-16-27(24-28)30-23-11-15-25-12-4-5-18-29(25)30/h1-24H/i6D,7D,8D,9D,19D,20D,21D,22D. The summed E-state index contributed by atoms with van der Waals surface area (Å²) in [7, 11) is 0. The quantitative estimate of drug-likeness (QED) is 0.228. The molecule has 0 atom stereocenters. The minimum atomic E-state index is -0.409. The first-order chi connectivity index (χ1) is 21.2. The van der Waals surface area contributed by atoms with E-state index in [1.165, 1.54) is 0 Å². The van der Waals surface area contributed by atoms with Crippen molar-refractivity contribution < 1.29 is 11.0 Å². The van der Waals surface area contributed by atoms with Gasteiger partial charge in [0, 0.05) is 0 Å². The third-order valence-corrected chi connectivity index (χ3v) is 6.69. The lowest BCUT2D eigenvalue weighted by Gasteiger charge is -2.18. The molecule has 0 saturated heterocycles. The van der Waals surface area contributed by atoms with Crippen LogP contribution in [0.4, 0.5) is 0 Å². The Morgan fingerprint density at radius 1 is 0.389 bits per heavy atom. The Balaban J connectivity index is 1.73. The molecule has 0 saturated carbocycles. The van der Waals surface area contributed by atoms with Gasteiger partial charge in [-0.15, -0.1) is 0 Å². The molecule has 0 spiro atoms. The summed E-state index contributed by atoms with van der Waals surface area (Å²) >= 11 is 0. The normalized spacial score (nSPS) is 14.4. The Labute approximate surface area is 222 Å². The Hall–Kier alpha value is -4.68. The highest BCUT2D eigenvalue weighted by atomic mass is 14.2. The van der Waals surface area contributed by atoms with E-state index in [1.807, 2.05) is 72.8 Å². The van der Waals surface area contributed by atoms with Crippen LogP contribution in [0.2, 0.25) is 0 Å². The van der Waals surface area contributed by atoms with Crippen molar-refractivity contribution in [3.63, 3.8) is 0 Å². The van der Waals surface area contributed by atoms with E-state index in [2.05, 4.69) is 0 Å². The van der Waals surface area contributed by atoms with Crippen molar-refractivity contribution in [2.45, 2.75) is 0 Å². The molecule has 7 aromatic rings. The first-order valence-electron chi connectivity index (χ1n) is 15.8. The van der Waals surface area contributed by atoms with Crippen LogP contribution in [0.15, 0.2) is 145 Å². The van der Waals surface area contributed by atoms with Gasteiger partial charge in [-0.05, 0) is 71.8 Å². The lowest BCUT2D eigenvalue weighted by Crippen LogP contribution is -1.91. The van der Waals surface area contributed by atoms with E-state index < -0.39 is 24.2 Å². The third-order valence-electron chi connectivity index (χ3n) is 6.69. The summed E-state index contributed by atoms with van der Waals surface area (Å²) in [4.78, 5) is 0. The van der Waals surface area contributed by atoms with Gasteiger partial charge < -0.3 is 0 Å². The van der Waals surface area contributed by atoms with Gasteiger partial charge in [-0.25, -0.2) is 0 Å². The Kier molecular flexibility index (Phi) is 3.32. The van der Waals surface area contributed by atoms with Crippen LogP contribution in [0.5, 0.6) is 0 Å². The molecule has 0 heteroatoms. The van der Waals surface area contributed by atoms with Gasteiger partial charge in [0.2, 0.25) is 0 Å². The third kappa shape index (κ3) is 3.31. The van der Waals surface area contributed by atoms with Crippen molar-refractivity contribution in [1.29, 1.82) is 0 Å². The van der Waals surface area contributed by atoms with Crippen LogP contribution in [0, 0.1) is 0 Å². The van der Waals surface area contributed by atoms with E-state index in [4.69, 9.17) is 11.0 Å². The van der Waals surface area contributed by atoms with Gasteiger partial charge in [0.05, 0.1) is 11.0 Å². The lowest BCUT2D eigenvalue weighted by molar-refractivity contribution is 1.63. The van der Waals surface area contributed by atoms with Crippen molar-refractivity contribution in [2.24, 2.45) is 0 Å². The predicted molar refractivity (Wildman–Crippen MR) is 155 cm³/mol. The largest absolute Gasteiger partial charge is 0.0629 e. The number of hydrogen-bond acceptors (Lipinski definition) is 0. The van der Waals surface area contributed by atoms with Crippen molar-refractivity contribution in [1.82, 2.24) is 0 Å². The summed E-state index contributed by atoms with van der Waals surface area (Å²) in [6.45, 7) is 0. The molecule has 0 radical (unpaired) electrons. The molecular weight excluding hydrogens is 432 g/mol. The van der Waals surface area contributed by atoms with Gasteiger partial charge in [-0.1, -0.05) is 139 Å². The number of rotatable bonds is 3. The zero-order valence-corrected chi connectivity index (χ0v) is 19.2. The van der Waals surface area contributed by atoms with Gasteiger partial charge >= 0.3 is 0 Å². The maximum Gasteiger partial charge on any atom is 0.0629 e. The zero-order valence-electron chi connectivity index (χ0n) is 27.2. The molecule has 168 valence electrons. The molecule has 0 nitrogen and oxygen atoms in total. The highest BCUT2D eigenvalue weighted by Crippen LogP contribution is 2.44. The molecule has 0 unspecified atom stereocenters. The molecule has 0 N–H and O–H groups in total. The van der Waals surface area contributed by atoms with Crippen LogP contribution >= 0.6 is 0 Å². The van der Waals surface area contributed by atoms with Gasteiger partial charge in [0.15, 0.2) is 0 Å². The first-order valence-corrected chi connectivity index (χ1v) is 11.8. The van der Waals surface area contributed by atoms with Crippen molar-refractivity contribution in [3.05, 3.63) is 145 Å². The summed E-state index contributed by atoms with van der Waals surface area (Å²) in [5.74, 6) is 0. The van der Waals surface area contributed by atoms with Gasteiger partial charge in [-0.3, -0.25) is 0 Å². The summed E-state index contributed by atoms with van der Waals surface area (Å²) in [6, 6.07) is 28.0. The van der Waals surface area contributed by atoms with E-state index in [0.29, 0.717) is 22.3 Å². The number of hydrogen-bond donors (Lipinski definition) is 0. The fourth-order valence-electron chi connectivity index (χ4n) is 5.13. The van der Waals surface area contributed by atoms with Crippen LogP contribution in [-0.2, 0) is 0 Å². The van der Waals surface area contributed by atoms with Crippen LogP contribution in [0.25, 0.3) is 65.7 Å². The van der Waals surface area contributed by atoms with Gasteiger partial charge in [0.1, 0.15) is 0 Å². The monoisotopic (exact) mass is 464 g/mol. The van der Waals surface area contributed by atoms with E-state index >= 15 is 0 Å². The summed E-state index contributed by atoms with van der Waals surface area (Å²) in [5, 5.41) is 2.97. The SMILES string of the molecule is [2H]c1c([2H])c([2H])c2c(-c3cccc(-c4cccc5ccccc45)c3)c3c([2H])c([2H])c([2H])c([2H])c3c(-c3ccccc3)c2c1[2H]. The Morgan fingerprint density at radius 3 is 1.58 bits per heavy atom. The Bertz CT molecular complexity index is 2220. The molecule has 0 aliphatic carbocycles. The van der Waals surface area contributed by atoms with Crippen LogP contribution < -0.4 is 0 Å². The summed E-state index contributed by atoms with van der Waals surface area (Å²) in [5.41, 5.74) is 3.71. The van der Waals surface area contributed by atoms with E-state index in [0.717, 1.165) is 21.9 Å². The molecule has 7 rings (SSSR count). The predicted octanol–water partition coefficient (Wildman–Crippen LogP) is 10.1. The molecule has 0 aliphatic rings. The molecule has 0 bridgehead atoms. The first kappa shape index (κ1) is 14.0. The average Bonchev–Trinajstić information content (AvgIpc) is 3.06. The van der Waals surface area contributed by atoms with Crippen LogP contribution in [-0.4, -0.2) is 0 Å². The van der Waals surface area contributed by atoms with Crippen molar-refractivity contribution >= 4 is 32.3 Å². The number of benzene rings is 7. The maximum atomic E-state index is 9.11. The molecule has 0 aliphatic heterocycles. The summed E-state index contributed by atoms with van der Waals surface area (Å²) < 4.78 is 70.7. The fourth-order valence-corrected chi connectivity index (χ4v) is 5.13. The minimum Gasteiger partial charge on any atom is -0.0622 e.